The van der Waals surface area contributed by atoms with Crippen molar-refractivity contribution in [3.8, 4) is 0 Å². The van der Waals surface area contributed by atoms with Crippen LogP contribution in [0.2, 0.25) is 0 Å². The molecule has 18 heavy (non-hydrogen) atoms. The first-order chi connectivity index (χ1) is 8.35. The summed E-state index contributed by atoms with van der Waals surface area (Å²) in [7, 11) is -4.49. The van der Waals surface area contributed by atoms with E-state index < -0.39 is 25.9 Å². The van der Waals surface area contributed by atoms with Gasteiger partial charge in [-0.25, -0.2) is 4.79 Å². The van der Waals surface area contributed by atoms with Gasteiger partial charge in [-0.15, -0.1) is 0 Å². The summed E-state index contributed by atoms with van der Waals surface area (Å²) in [6, 6.07) is 6.11. The van der Waals surface area contributed by atoms with E-state index in [0.717, 1.165) is 4.90 Å². The summed E-state index contributed by atoms with van der Waals surface area (Å²) in [4.78, 5) is 40.4. The number of anilines is 1. The largest absolute Gasteiger partial charge is 0.479 e. The van der Waals surface area contributed by atoms with Gasteiger partial charge in [0.1, 0.15) is 6.29 Å². The lowest BCUT2D eigenvalue weighted by Crippen LogP contribution is -2.43. The van der Waals surface area contributed by atoms with Gasteiger partial charge in [0.05, 0.1) is 0 Å². The second kappa shape index (κ2) is 5.77. The van der Waals surface area contributed by atoms with E-state index in [9.17, 15) is 14.2 Å². The third kappa shape index (κ3) is 3.96. The molecule has 8 heteroatoms. The SMILES string of the molecule is O=C[C@@H](C(=O)O)N(CP(=O)(O)O)c1ccccc1. The molecular formula is C10H12NO6P. The second-order valence-electron chi connectivity index (χ2n) is 3.53. The molecule has 7 nitrogen and oxygen atoms in total. The zero-order valence-electron chi connectivity index (χ0n) is 9.21. The fourth-order valence-corrected chi connectivity index (χ4v) is 2.15. The van der Waals surface area contributed by atoms with E-state index in [1.54, 1.807) is 18.2 Å². The molecule has 3 N–H and O–H groups in total. The molecule has 0 unspecified atom stereocenters. The third-order valence-corrected chi connectivity index (χ3v) is 2.82. The molecule has 0 aliphatic carbocycles. The third-order valence-electron chi connectivity index (χ3n) is 2.14. The zero-order chi connectivity index (χ0) is 13.8. The number of carbonyl (C=O) groups is 2. The van der Waals surface area contributed by atoms with Gasteiger partial charge in [0.2, 0.25) is 0 Å². The van der Waals surface area contributed by atoms with Crippen molar-refractivity contribution >= 4 is 25.5 Å². The molecule has 1 aromatic rings. The van der Waals surface area contributed by atoms with E-state index in [0.29, 0.717) is 0 Å². The van der Waals surface area contributed by atoms with Gasteiger partial charge in [0, 0.05) is 5.69 Å². The molecule has 0 aliphatic rings. The first-order valence-electron chi connectivity index (χ1n) is 4.89. The van der Waals surface area contributed by atoms with Gasteiger partial charge in [-0.3, -0.25) is 4.57 Å². The number of aldehydes is 1. The standard InChI is InChI=1S/C10H12NO6P/c12-6-9(10(13)14)11(7-18(15,16)17)8-4-2-1-3-5-8/h1-6,9H,7H2,(H,13,14)(H2,15,16,17)/t9-/m0/s1. The van der Waals surface area contributed by atoms with Gasteiger partial charge < -0.3 is 24.6 Å². The molecule has 0 amide bonds. The Hall–Kier alpha value is -1.69. The van der Waals surface area contributed by atoms with Gasteiger partial charge in [-0.1, -0.05) is 18.2 Å². The first kappa shape index (κ1) is 14.4. The summed E-state index contributed by atoms with van der Waals surface area (Å²) in [5.74, 6) is -1.47. The molecule has 0 spiro atoms. The van der Waals surface area contributed by atoms with Gasteiger partial charge in [0.25, 0.3) is 0 Å². The number of benzene rings is 1. The zero-order valence-corrected chi connectivity index (χ0v) is 10.1. The molecular weight excluding hydrogens is 261 g/mol. The van der Waals surface area contributed by atoms with Crippen molar-refractivity contribution in [3.63, 3.8) is 0 Å². The highest BCUT2D eigenvalue weighted by Gasteiger charge is 2.30. The monoisotopic (exact) mass is 273 g/mol. The Morgan fingerprint density at radius 3 is 2.28 bits per heavy atom. The number of hydrogen-bond acceptors (Lipinski definition) is 4. The van der Waals surface area contributed by atoms with Crippen molar-refractivity contribution in [3.05, 3.63) is 30.3 Å². The number of para-hydroxylation sites is 1. The summed E-state index contributed by atoms with van der Waals surface area (Å²) in [6.45, 7) is 0. The topological polar surface area (TPSA) is 115 Å². The lowest BCUT2D eigenvalue weighted by Gasteiger charge is -2.27. The number of hydrogen-bond donors (Lipinski definition) is 3. The summed E-state index contributed by atoms with van der Waals surface area (Å²) < 4.78 is 11.0. The fourth-order valence-electron chi connectivity index (χ4n) is 1.41. The molecule has 1 aromatic carbocycles. The maximum atomic E-state index is 11.0. The molecule has 0 saturated heterocycles. The van der Waals surface area contributed by atoms with Crippen molar-refractivity contribution in [1.82, 2.24) is 0 Å². The average Bonchev–Trinajstić information content (AvgIpc) is 2.28. The Balaban J connectivity index is 3.14. The summed E-state index contributed by atoms with van der Waals surface area (Å²) in [5, 5.41) is 8.88. The minimum atomic E-state index is -4.49. The first-order valence-corrected chi connectivity index (χ1v) is 6.69. The quantitative estimate of drug-likeness (QED) is 0.387. The molecule has 0 aromatic heterocycles. The van der Waals surface area contributed by atoms with Crippen molar-refractivity contribution in [2.45, 2.75) is 6.04 Å². The molecule has 1 rings (SSSR count). The van der Waals surface area contributed by atoms with Crippen LogP contribution in [0, 0.1) is 0 Å². The van der Waals surface area contributed by atoms with Gasteiger partial charge in [0.15, 0.2) is 12.3 Å². The molecule has 98 valence electrons. The molecule has 0 heterocycles. The fraction of sp³-hybridized carbons (Fsp3) is 0.200. The lowest BCUT2D eigenvalue weighted by atomic mass is 10.2. The highest BCUT2D eigenvalue weighted by atomic mass is 31.2. The second-order valence-corrected chi connectivity index (χ2v) is 5.14. The molecule has 0 aliphatic heterocycles. The van der Waals surface area contributed by atoms with E-state index in [1.165, 1.54) is 12.1 Å². The van der Waals surface area contributed by atoms with Crippen LogP contribution in [0.15, 0.2) is 30.3 Å². The van der Waals surface area contributed by atoms with Crippen molar-refractivity contribution < 1.29 is 29.0 Å². The van der Waals surface area contributed by atoms with Crippen LogP contribution in [0.5, 0.6) is 0 Å². The molecule has 0 radical (unpaired) electrons. The van der Waals surface area contributed by atoms with E-state index in [2.05, 4.69) is 0 Å². The summed E-state index contributed by atoms with van der Waals surface area (Å²) in [6.07, 6.45) is -0.711. The van der Waals surface area contributed by atoms with Gasteiger partial charge in [-0.2, -0.15) is 0 Å². The maximum absolute atomic E-state index is 11.0. The molecule has 0 fully saturated rings. The van der Waals surface area contributed by atoms with Crippen LogP contribution in [0.1, 0.15) is 0 Å². The van der Waals surface area contributed by atoms with Crippen LogP contribution >= 0.6 is 7.60 Å². The minimum Gasteiger partial charge on any atom is -0.479 e. The van der Waals surface area contributed by atoms with E-state index in [4.69, 9.17) is 14.9 Å². The number of rotatable bonds is 6. The van der Waals surface area contributed by atoms with Gasteiger partial charge >= 0.3 is 13.6 Å². The van der Waals surface area contributed by atoms with Gasteiger partial charge in [-0.05, 0) is 12.1 Å². The van der Waals surface area contributed by atoms with Crippen molar-refractivity contribution in [2.75, 3.05) is 11.2 Å². The number of carboxylic acids is 1. The Kier molecular flexibility index (Phi) is 4.61. The summed E-state index contributed by atoms with van der Waals surface area (Å²) >= 11 is 0. The molecule has 0 bridgehead atoms. The van der Waals surface area contributed by atoms with Crippen LogP contribution in [0.4, 0.5) is 5.69 Å². The van der Waals surface area contributed by atoms with E-state index >= 15 is 0 Å². The molecule has 0 saturated carbocycles. The highest BCUT2D eigenvalue weighted by Crippen LogP contribution is 2.37. The van der Waals surface area contributed by atoms with Crippen LogP contribution in [-0.4, -0.2) is 39.5 Å². The number of carboxylic acid groups (broad SMARTS) is 1. The smallest absolute Gasteiger partial charge is 0.344 e. The van der Waals surface area contributed by atoms with Crippen LogP contribution in [-0.2, 0) is 14.2 Å². The van der Waals surface area contributed by atoms with E-state index in [1.807, 2.05) is 0 Å². The number of aliphatic carboxylic acids is 1. The highest BCUT2D eigenvalue weighted by molar-refractivity contribution is 7.51. The van der Waals surface area contributed by atoms with Crippen LogP contribution in [0.25, 0.3) is 0 Å². The van der Waals surface area contributed by atoms with Crippen molar-refractivity contribution in [1.29, 1.82) is 0 Å². The predicted octanol–water partition coefficient (Wildman–Crippen LogP) is 0.280. The van der Waals surface area contributed by atoms with Crippen LogP contribution < -0.4 is 4.90 Å². The van der Waals surface area contributed by atoms with E-state index in [-0.39, 0.29) is 12.0 Å². The Bertz CT molecular complexity index is 471. The Labute approximate surface area is 103 Å². The minimum absolute atomic E-state index is 0.130. The van der Waals surface area contributed by atoms with Crippen molar-refractivity contribution in [2.24, 2.45) is 0 Å². The maximum Gasteiger partial charge on any atom is 0.344 e. The Morgan fingerprint density at radius 1 is 1.33 bits per heavy atom. The Morgan fingerprint density at radius 2 is 1.89 bits per heavy atom. The molecule has 1 atom stereocenters. The average molecular weight is 273 g/mol. The normalized spacial score (nSPS) is 12.8. The predicted molar refractivity (Wildman–Crippen MR) is 63.3 cm³/mol. The van der Waals surface area contributed by atoms with Crippen LogP contribution in [0.3, 0.4) is 0 Å². The number of nitrogens with zero attached hydrogens (tertiary/aromatic N) is 1. The summed E-state index contributed by atoms with van der Waals surface area (Å²) in [5.41, 5.74) is 0.250. The lowest BCUT2D eigenvalue weighted by molar-refractivity contribution is -0.139. The number of carbonyl (C=O) groups excluding carboxylic acids is 1.